The molecule has 0 saturated carbocycles. The summed E-state index contributed by atoms with van der Waals surface area (Å²) in [5.74, 6) is -1.72. The molecule has 0 saturated heterocycles. The Morgan fingerprint density at radius 2 is 2.14 bits per heavy atom. The summed E-state index contributed by atoms with van der Waals surface area (Å²) in [6.07, 6.45) is 2.22. The third-order valence-corrected chi connectivity index (χ3v) is 1.42. The van der Waals surface area contributed by atoms with Crippen LogP contribution in [0.1, 0.15) is 16.2 Å². The van der Waals surface area contributed by atoms with Gasteiger partial charge in [0, 0.05) is 6.08 Å². The number of nitrogens with zero attached hydrogens (tertiary/aromatic N) is 1. The number of nitrogens with two attached hydrogens (primary N) is 1. The van der Waals surface area contributed by atoms with Gasteiger partial charge in [-0.3, -0.25) is 4.79 Å². The quantitative estimate of drug-likeness (QED) is 0.672. The van der Waals surface area contributed by atoms with Gasteiger partial charge in [-0.1, -0.05) is 6.07 Å². The molecular formula is C9H8N2O3. The van der Waals surface area contributed by atoms with Gasteiger partial charge in [0.05, 0.1) is 5.69 Å². The molecule has 14 heavy (non-hydrogen) atoms. The third kappa shape index (κ3) is 2.71. The molecule has 5 nitrogen and oxygen atoms in total. The molecule has 1 amide bonds. The average molecular weight is 192 g/mol. The van der Waals surface area contributed by atoms with E-state index in [0.29, 0.717) is 5.69 Å². The fourth-order valence-electron chi connectivity index (χ4n) is 0.838. The Hall–Kier alpha value is -2.17. The maximum atomic E-state index is 10.7. The second-order valence-corrected chi connectivity index (χ2v) is 2.48. The number of carbonyl (C=O) groups is 2. The second kappa shape index (κ2) is 4.18. The van der Waals surface area contributed by atoms with E-state index >= 15 is 0 Å². The Morgan fingerprint density at radius 1 is 1.43 bits per heavy atom. The first-order valence-electron chi connectivity index (χ1n) is 3.77. The summed E-state index contributed by atoms with van der Waals surface area (Å²) in [6, 6.07) is 4.61. The van der Waals surface area contributed by atoms with Gasteiger partial charge >= 0.3 is 5.97 Å². The highest BCUT2D eigenvalue weighted by Gasteiger charge is 2.00. The molecule has 1 aromatic rings. The van der Waals surface area contributed by atoms with Gasteiger partial charge in [-0.25, -0.2) is 9.78 Å². The minimum Gasteiger partial charge on any atom is -0.478 e. The molecule has 5 heteroatoms. The van der Waals surface area contributed by atoms with Crippen molar-refractivity contribution in [3.8, 4) is 0 Å². The van der Waals surface area contributed by atoms with Crippen molar-refractivity contribution in [3.63, 3.8) is 0 Å². The summed E-state index contributed by atoms with van der Waals surface area (Å²) in [7, 11) is 0. The molecular weight excluding hydrogens is 184 g/mol. The molecule has 0 fully saturated rings. The molecule has 0 radical (unpaired) electrons. The SMILES string of the molecule is NC(=O)c1cccc(C=CC(=O)O)n1. The van der Waals surface area contributed by atoms with Gasteiger partial charge < -0.3 is 10.8 Å². The maximum absolute atomic E-state index is 10.7. The number of carbonyl (C=O) groups excluding carboxylic acids is 1. The van der Waals surface area contributed by atoms with Gasteiger partial charge in [0.15, 0.2) is 0 Å². The third-order valence-electron chi connectivity index (χ3n) is 1.42. The molecule has 3 N–H and O–H groups in total. The number of primary amides is 1. The van der Waals surface area contributed by atoms with Crippen LogP contribution in [0.15, 0.2) is 24.3 Å². The van der Waals surface area contributed by atoms with E-state index in [9.17, 15) is 9.59 Å². The molecule has 0 aliphatic heterocycles. The number of carboxylic acids is 1. The number of hydrogen-bond acceptors (Lipinski definition) is 3. The van der Waals surface area contributed by atoms with Crippen LogP contribution in [0.5, 0.6) is 0 Å². The lowest BCUT2D eigenvalue weighted by atomic mass is 10.3. The molecule has 0 aliphatic carbocycles. The Morgan fingerprint density at radius 3 is 2.71 bits per heavy atom. The topological polar surface area (TPSA) is 93.3 Å². The van der Waals surface area contributed by atoms with E-state index in [0.717, 1.165) is 6.08 Å². The van der Waals surface area contributed by atoms with E-state index < -0.39 is 11.9 Å². The van der Waals surface area contributed by atoms with Crippen LogP contribution in [0, 0.1) is 0 Å². The van der Waals surface area contributed by atoms with Crippen LogP contribution in [0.3, 0.4) is 0 Å². The van der Waals surface area contributed by atoms with Gasteiger partial charge in [0.25, 0.3) is 5.91 Å². The number of aliphatic carboxylic acids is 1. The Kier molecular flexibility index (Phi) is 2.96. The normalized spacial score (nSPS) is 10.3. The van der Waals surface area contributed by atoms with Crippen LogP contribution in [0.25, 0.3) is 6.08 Å². The largest absolute Gasteiger partial charge is 0.478 e. The average Bonchev–Trinajstić information content (AvgIpc) is 2.15. The van der Waals surface area contributed by atoms with Gasteiger partial charge in [0.2, 0.25) is 0 Å². The molecule has 0 aliphatic rings. The lowest BCUT2D eigenvalue weighted by molar-refractivity contribution is -0.131. The molecule has 0 atom stereocenters. The molecule has 0 aromatic carbocycles. The van der Waals surface area contributed by atoms with E-state index in [-0.39, 0.29) is 5.69 Å². The summed E-state index contributed by atoms with van der Waals surface area (Å²) < 4.78 is 0. The van der Waals surface area contributed by atoms with Gasteiger partial charge in [-0.15, -0.1) is 0 Å². The molecule has 1 heterocycles. The zero-order chi connectivity index (χ0) is 10.6. The Balaban J connectivity index is 2.94. The van der Waals surface area contributed by atoms with Crippen LogP contribution in [-0.2, 0) is 4.79 Å². The standard InChI is InChI=1S/C9H8N2O3/c10-9(14)7-3-1-2-6(11-7)4-5-8(12)13/h1-5H,(H2,10,14)(H,12,13). The number of aromatic nitrogens is 1. The van der Waals surface area contributed by atoms with E-state index in [4.69, 9.17) is 10.8 Å². The highest BCUT2D eigenvalue weighted by atomic mass is 16.4. The fourth-order valence-corrected chi connectivity index (χ4v) is 0.838. The van der Waals surface area contributed by atoms with Crippen molar-refractivity contribution in [2.24, 2.45) is 5.73 Å². The lowest BCUT2D eigenvalue weighted by Gasteiger charge is -1.95. The first kappa shape index (κ1) is 9.91. The Labute approximate surface area is 79.9 Å². The van der Waals surface area contributed by atoms with Crippen LogP contribution in [0.2, 0.25) is 0 Å². The first-order chi connectivity index (χ1) is 6.59. The number of carboxylic acid groups (broad SMARTS) is 1. The van der Waals surface area contributed by atoms with Crippen molar-refractivity contribution in [2.75, 3.05) is 0 Å². The van der Waals surface area contributed by atoms with E-state index in [2.05, 4.69) is 4.98 Å². The van der Waals surface area contributed by atoms with Gasteiger partial charge in [-0.05, 0) is 18.2 Å². The highest BCUT2D eigenvalue weighted by Crippen LogP contribution is 2.00. The van der Waals surface area contributed by atoms with Crippen LogP contribution in [0.4, 0.5) is 0 Å². The van der Waals surface area contributed by atoms with Crippen molar-refractivity contribution in [1.82, 2.24) is 4.98 Å². The van der Waals surface area contributed by atoms with Crippen molar-refractivity contribution in [1.29, 1.82) is 0 Å². The van der Waals surface area contributed by atoms with Crippen molar-refractivity contribution in [2.45, 2.75) is 0 Å². The number of amides is 1. The number of hydrogen-bond donors (Lipinski definition) is 2. The minimum absolute atomic E-state index is 0.109. The molecule has 0 spiro atoms. The summed E-state index contributed by atoms with van der Waals surface area (Å²) in [6.45, 7) is 0. The van der Waals surface area contributed by atoms with Crippen LogP contribution in [-0.4, -0.2) is 22.0 Å². The minimum atomic E-state index is -1.07. The van der Waals surface area contributed by atoms with Crippen molar-refractivity contribution in [3.05, 3.63) is 35.7 Å². The molecule has 0 bridgehead atoms. The van der Waals surface area contributed by atoms with Crippen molar-refractivity contribution >= 4 is 18.0 Å². The zero-order valence-electron chi connectivity index (χ0n) is 7.18. The first-order valence-corrected chi connectivity index (χ1v) is 3.77. The van der Waals surface area contributed by atoms with Crippen molar-refractivity contribution < 1.29 is 14.7 Å². The lowest BCUT2D eigenvalue weighted by Crippen LogP contribution is -2.13. The summed E-state index contributed by atoms with van der Waals surface area (Å²) in [4.78, 5) is 24.7. The monoisotopic (exact) mass is 192 g/mol. The molecule has 72 valence electrons. The predicted molar refractivity (Wildman–Crippen MR) is 49.4 cm³/mol. The Bertz CT molecular complexity index is 399. The predicted octanol–water partition coefficient (Wildman–Crippen LogP) is 0.278. The molecule has 1 rings (SSSR count). The second-order valence-electron chi connectivity index (χ2n) is 2.48. The van der Waals surface area contributed by atoms with Gasteiger partial charge in [-0.2, -0.15) is 0 Å². The summed E-state index contributed by atoms with van der Waals surface area (Å²) >= 11 is 0. The van der Waals surface area contributed by atoms with Crippen LogP contribution >= 0.6 is 0 Å². The summed E-state index contributed by atoms with van der Waals surface area (Å²) in [5, 5.41) is 8.35. The maximum Gasteiger partial charge on any atom is 0.328 e. The van der Waals surface area contributed by atoms with E-state index in [1.54, 1.807) is 12.1 Å². The summed E-state index contributed by atoms with van der Waals surface area (Å²) in [5.41, 5.74) is 5.48. The van der Waals surface area contributed by atoms with Gasteiger partial charge in [0.1, 0.15) is 5.69 Å². The highest BCUT2D eigenvalue weighted by molar-refractivity contribution is 5.91. The van der Waals surface area contributed by atoms with Crippen LogP contribution < -0.4 is 5.73 Å². The molecule has 0 unspecified atom stereocenters. The number of pyridine rings is 1. The van der Waals surface area contributed by atoms with E-state index in [1.807, 2.05) is 0 Å². The van der Waals surface area contributed by atoms with E-state index in [1.165, 1.54) is 12.1 Å². The molecule has 1 aromatic heterocycles. The smallest absolute Gasteiger partial charge is 0.328 e. The number of rotatable bonds is 3. The fraction of sp³-hybridized carbons (Fsp3) is 0. The zero-order valence-corrected chi connectivity index (χ0v) is 7.18.